The molecular formula is C26H20FN3O2S. The second-order valence-corrected chi connectivity index (χ2v) is 8.75. The normalized spacial score (nSPS) is 16.9. The van der Waals surface area contributed by atoms with E-state index in [9.17, 15) is 19.2 Å². The Morgan fingerprint density at radius 3 is 2.48 bits per heavy atom. The Balaban J connectivity index is 1.73. The van der Waals surface area contributed by atoms with Crippen LogP contribution >= 0.6 is 11.8 Å². The quantitative estimate of drug-likeness (QED) is 0.422. The molecule has 33 heavy (non-hydrogen) atoms. The Kier molecular flexibility index (Phi) is 6.57. The van der Waals surface area contributed by atoms with Gasteiger partial charge in [0.15, 0.2) is 0 Å². The number of halogens is 1. The van der Waals surface area contributed by atoms with Crippen LogP contribution < -0.4 is 10.2 Å². The highest BCUT2D eigenvalue weighted by molar-refractivity contribution is 8.05. The molecule has 1 aliphatic rings. The fraction of sp³-hybridized carbons (Fsp3) is 0.115. The maximum atomic E-state index is 13.5. The van der Waals surface area contributed by atoms with Crippen molar-refractivity contribution in [2.45, 2.75) is 18.6 Å². The van der Waals surface area contributed by atoms with Gasteiger partial charge in [0.05, 0.1) is 5.25 Å². The van der Waals surface area contributed by atoms with Crippen LogP contribution in [0.3, 0.4) is 0 Å². The number of hydrogen-bond donors (Lipinski definition) is 1. The van der Waals surface area contributed by atoms with E-state index in [0.717, 1.165) is 11.1 Å². The molecule has 4 rings (SSSR count). The molecule has 1 aliphatic heterocycles. The van der Waals surface area contributed by atoms with Gasteiger partial charge in [-0.15, -0.1) is 0 Å². The van der Waals surface area contributed by atoms with Crippen LogP contribution in [0.1, 0.15) is 11.1 Å². The lowest BCUT2D eigenvalue weighted by Crippen LogP contribution is -2.31. The molecule has 3 aromatic rings. The highest BCUT2D eigenvalue weighted by atomic mass is 32.2. The first-order valence-electron chi connectivity index (χ1n) is 10.3. The Bertz CT molecular complexity index is 1270. The van der Waals surface area contributed by atoms with Gasteiger partial charge in [0.25, 0.3) is 5.91 Å². The van der Waals surface area contributed by atoms with E-state index in [4.69, 9.17) is 0 Å². The highest BCUT2D eigenvalue weighted by Gasteiger charge is 2.40. The predicted octanol–water partition coefficient (Wildman–Crippen LogP) is 5.20. The highest BCUT2D eigenvalue weighted by Crippen LogP contribution is 2.42. The number of para-hydroxylation sites is 1. The number of aryl methyl sites for hydroxylation is 1. The maximum absolute atomic E-state index is 13.5. The molecule has 0 bridgehead atoms. The molecule has 7 heteroatoms. The summed E-state index contributed by atoms with van der Waals surface area (Å²) >= 11 is 1.18. The van der Waals surface area contributed by atoms with Crippen LogP contribution in [-0.2, 0) is 16.0 Å². The predicted molar refractivity (Wildman–Crippen MR) is 128 cm³/mol. The first-order valence-corrected chi connectivity index (χ1v) is 11.2. The summed E-state index contributed by atoms with van der Waals surface area (Å²) in [6.07, 6.45) is 0.436. The third kappa shape index (κ3) is 4.97. The summed E-state index contributed by atoms with van der Waals surface area (Å²) < 4.78 is 13.5. The zero-order chi connectivity index (χ0) is 23.4. The number of anilines is 2. The molecule has 0 unspecified atom stereocenters. The number of rotatable bonds is 5. The molecule has 0 aliphatic carbocycles. The third-order valence-corrected chi connectivity index (χ3v) is 6.39. The molecule has 0 radical (unpaired) electrons. The number of benzene rings is 3. The zero-order valence-corrected chi connectivity index (χ0v) is 18.6. The minimum absolute atomic E-state index is 0.173. The molecule has 1 saturated heterocycles. The average molecular weight is 458 g/mol. The minimum Gasteiger partial charge on any atom is -0.321 e. The standard InChI is InChI=1S/C26H20FN3O2S/c1-17-6-5-7-18(14-17)15-23-25(32)30(21-12-10-19(27)11-13-21)26(33-23)22(16-28)24(31)29-20-8-3-2-4-9-20/h2-14,23H,15H2,1H3,(H,29,31)/b26-22-/t23-/m1/s1. The van der Waals surface area contributed by atoms with E-state index in [1.54, 1.807) is 24.3 Å². The van der Waals surface area contributed by atoms with Gasteiger partial charge in [-0.3, -0.25) is 14.5 Å². The largest absolute Gasteiger partial charge is 0.321 e. The van der Waals surface area contributed by atoms with Crippen LogP contribution in [0.25, 0.3) is 0 Å². The van der Waals surface area contributed by atoms with Gasteiger partial charge in [0.2, 0.25) is 5.91 Å². The summed E-state index contributed by atoms with van der Waals surface area (Å²) in [6.45, 7) is 1.98. The number of thioether (sulfide) groups is 1. The molecule has 5 nitrogen and oxygen atoms in total. The molecule has 0 saturated carbocycles. The summed E-state index contributed by atoms with van der Waals surface area (Å²) in [5, 5.41) is 12.3. The lowest BCUT2D eigenvalue weighted by molar-refractivity contribution is -0.117. The molecular weight excluding hydrogens is 437 g/mol. The first-order chi connectivity index (χ1) is 16.0. The summed E-state index contributed by atoms with van der Waals surface area (Å²) in [5.41, 5.74) is 2.82. The van der Waals surface area contributed by atoms with Gasteiger partial charge in [-0.1, -0.05) is 59.8 Å². The number of hydrogen-bond acceptors (Lipinski definition) is 4. The monoisotopic (exact) mass is 457 g/mol. The zero-order valence-electron chi connectivity index (χ0n) is 17.8. The SMILES string of the molecule is Cc1cccc(C[C@H]2S/C(=C(/C#N)C(=O)Nc3ccccc3)N(c3ccc(F)cc3)C2=O)c1. The van der Waals surface area contributed by atoms with Gasteiger partial charge in [0, 0.05) is 11.4 Å². The van der Waals surface area contributed by atoms with Crippen molar-refractivity contribution in [2.75, 3.05) is 10.2 Å². The Morgan fingerprint density at radius 2 is 1.82 bits per heavy atom. The van der Waals surface area contributed by atoms with E-state index in [1.807, 2.05) is 43.3 Å². The van der Waals surface area contributed by atoms with Gasteiger partial charge >= 0.3 is 0 Å². The average Bonchev–Trinajstić information content (AvgIpc) is 3.11. The molecule has 164 valence electrons. The Labute approximate surface area is 195 Å². The molecule has 3 aromatic carbocycles. The topological polar surface area (TPSA) is 73.2 Å². The second kappa shape index (κ2) is 9.72. The van der Waals surface area contributed by atoms with Crippen LogP contribution in [-0.4, -0.2) is 17.1 Å². The number of nitrogens with one attached hydrogen (secondary N) is 1. The van der Waals surface area contributed by atoms with Crippen LogP contribution in [0.2, 0.25) is 0 Å². The molecule has 0 spiro atoms. The van der Waals surface area contributed by atoms with E-state index < -0.39 is 17.0 Å². The fourth-order valence-corrected chi connectivity index (χ4v) is 4.89. The minimum atomic E-state index is -0.609. The van der Waals surface area contributed by atoms with Crippen molar-refractivity contribution >= 4 is 35.0 Å². The molecule has 1 fully saturated rings. The van der Waals surface area contributed by atoms with Crippen molar-refractivity contribution in [3.63, 3.8) is 0 Å². The second-order valence-electron chi connectivity index (χ2n) is 7.56. The van der Waals surface area contributed by atoms with Crippen molar-refractivity contribution in [3.8, 4) is 6.07 Å². The Morgan fingerprint density at radius 1 is 1.09 bits per heavy atom. The first kappa shape index (κ1) is 22.3. The molecule has 1 N–H and O–H groups in total. The fourth-order valence-electron chi connectivity index (χ4n) is 3.58. The van der Waals surface area contributed by atoms with Crippen LogP contribution in [0.15, 0.2) is 89.5 Å². The van der Waals surface area contributed by atoms with Gasteiger partial charge in [-0.2, -0.15) is 5.26 Å². The molecule has 1 heterocycles. The van der Waals surface area contributed by atoms with Gasteiger partial charge in [0.1, 0.15) is 22.5 Å². The summed E-state index contributed by atoms with van der Waals surface area (Å²) in [6, 6.07) is 24.0. The van der Waals surface area contributed by atoms with Crippen LogP contribution in [0.4, 0.5) is 15.8 Å². The molecule has 0 aromatic heterocycles. The summed E-state index contributed by atoms with van der Waals surface area (Å²) in [5.74, 6) is -1.31. The molecule has 1 atom stereocenters. The number of nitrogens with zero attached hydrogens (tertiary/aromatic N) is 2. The van der Waals surface area contributed by atoms with Gasteiger partial charge in [-0.05, 0) is 55.3 Å². The maximum Gasteiger partial charge on any atom is 0.269 e. The number of carbonyl (C=O) groups is 2. The van der Waals surface area contributed by atoms with Crippen molar-refractivity contribution in [1.82, 2.24) is 0 Å². The van der Waals surface area contributed by atoms with Crippen molar-refractivity contribution in [1.29, 1.82) is 5.26 Å². The van der Waals surface area contributed by atoms with E-state index >= 15 is 0 Å². The van der Waals surface area contributed by atoms with E-state index in [1.165, 1.54) is 40.9 Å². The lowest BCUT2D eigenvalue weighted by atomic mass is 10.1. The molecule has 2 amide bonds. The van der Waals surface area contributed by atoms with Gasteiger partial charge < -0.3 is 5.32 Å². The summed E-state index contributed by atoms with van der Waals surface area (Å²) in [7, 11) is 0. The lowest BCUT2D eigenvalue weighted by Gasteiger charge is -2.18. The van der Waals surface area contributed by atoms with Crippen molar-refractivity contribution < 1.29 is 14.0 Å². The number of carbonyl (C=O) groups excluding carboxylic acids is 2. The summed E-state index contributed by atoms with van der Waals surface area (Å²) in [4.78, 5) is 27.7. The Hall–Kier alpha value is -3.89. The number of nitriles is 1. The smallest absolute Gasteiger partial charge is 0.269 e. The third-order valence-electron chi connectivity index (χ3n) is 5.13. The van der Waals surface area contributed by atoms with Crippen molar-refractivity contribution in [2.24, 2.45) is 0 Å². The van der Waals surface area contributed by atoms with Crippen LogP contribution in [0, 0.1) is 24.1 Å². The van der Waals surface area contributed by atoms with E-state index in [2.05, 4.69) is 5.32 Å². The van der Waals surface area contributed by atoms with E-state index in [0.29, 0.717) is 17.8 Å². The van der Waals surface area contributed by atoms with E-state index in [-0.39, 0.29) is 16.5 Å². The van der Waals surface area contributed by atoms with Crippen LogP contribution in [0.5, 0.6) is 0 Å². The number of amides is 2. The van der Waals surface area contributed by atoms with Crippen molar-refractivity contribution in [3.05, 3.63) is 106 Å². The van der Waals surface area contributed by atoms with Gasteiger partial charge in [-0.25, -0.2) is 4.39 Å².